The Morgan fingerprint density at radius 3 is 2.53 bits per heavy atom. The first-order chi connectivity index (χ1) is 9.22. The molecule has 1 N–H and O–H groups in total. The van der Waals surface area contributed by atoms with Crippen molar-refractivity contribution in [1.82, 2.24) is 9.97 Å². The Balaban J connectivity index is 2.10. The third kappa shape index (κ3) is 3.51. The number of aliphatic hydroxyl groups is 1. The number of hydrogen-bond donors (Lipinski definition) is 1. The molecule has 4 nitrogen and oxygen atoms in total. The zero-order chi connectivity index (χ0) is 13.7. The zero-order valence-electron chi connectivity index (χ0n) is 11.3. The second-order valence-electron chi connectivity index (χ2n) is 4.42. The lowest BCUT2D eigenvalue weighted by Gasteiger charge is -2.07. The van der Waals surface area contributed by atoms with Crippen molar-refractivity contribution in [2.24, 2.45) is 0 Å². The molecule has 100 valence electrons. The zero-order valence-corrected chi connectivity index (χ0v) is 11.3. The minimum absolute atomic E-state index is 0.0577. The molecule has 0 bridgehead atoms. The quantitative estimate of drug-likeness (QED) is 0.895. The maximum atomic E-state index is 9.06. The molecule has 0 saturated carbocycles. The highest BCUT2D eigenvalue weighted by molar-refractivity contribution is 5.29. The molecule has 0 radical (unpaired) electrons. The van der Waals surface area contributed by atoms with Crippen LogP contribution in [0.15, 0.2) is 30.5 Å². The average Bonchev–Trinajstić information content (AvgIpc) is 2.42. The molecular weight excluding hydrogens is 240 g/mol. The van der Waals surface area contributed by atoms with Crippen molar-refractivity contribution in [2.75, 3.05) is 0 Å². The van der Waals surface area contributed by atoms with Crippen LogP contribution < -0.4 is 4.74 Å². The fraction of sp³-hybridized carbons (Fsp3) is 0.333. The van der Waals surface area contributed by atoms with Crippen molar-refractivity contribution in [3.63, 3.8) is 0 Å². The Morgan fingerprint density at radius 1 is 1.21 bits per heavy atom. The topological polar surface area (TPSA) is 55.2 Å². The first kappa shape index (κ1) is 13.5. The third-order valence-corrected chi connectivity index (χ3v) is 2.90. The molecule has 0 amide bonds. The largest absolute Gasteiger partial charge is 0.424 e. The highest BCUT2D eigenvalue weighted by Gasteiger charge is 2.04. The highest BCUT2D eigenvalue weighted by Crippen LogP contribution is 2.19. The van der Waals surface area contributed by atoms with Crippen molar-refractivity contribution in [2.45, 2.75) is 33.3 Å². The van der Waals surface area contributed by atoms with E-state index in [1.807, 2.05) is 31.2 Å². The molecule has 1 aromatic carbocycles. The standard InChI is InChI=1S/C15H18N2O2/c1-3-4-12-5-7-14(8-6-12)19-15-16-9-13(10-18)11(2)17-15/h5-9,18H,3-4,10H2,1-2H3. The van der Waals surface area contributed by atoms with Crippen LogP contribution in [0, 0.1) is 6.92 Å². The molecule has 0 fully saturated rings. The number of aromatic nitrogens is 2. The summed E-state index contributed by atoms with van der Waals surface area (Å²) in [6, 6.07) is 8.24. The number of ether oxygens (including phenoxy) is 1. The smallest absolute Gasteiger partial charge is 0.322 e. The van der Waals surface area contributed by atoms with Crippen LogP contribution in [0.4, 0.5) is 0 Å². The van der Waals surface area contributed by atoms with Crippen LogP contribution in [0.25, 0.3) is 0 Å². The van der Waals surface area contributed by atoms with Crippen molar-refractivity contribution in [1.29, 1.82) is 0 Å². The molecule has 0 aliphatic carbocycles. The van der Waals surface area contributed by atoms with E-state index in [0.717, 1.165) is 24.3 Å². The molecule has 0 aliphatic heterocycles. The maximum Gasteiger partial charge on any atom is 0.322 e. The van der Waals surface area contributed by atoms with Crippen LogP contribution >= 0.6 is 0 Å². The summed E-state index contributed by atoms with van der Waals surface area (Å²) in [6.45, 7) is 3.92. The van der Waals surface area contributed by atoms with Gasteiger partial charge in [0.2, 0.25) is 0 Å². The molecule has 0 atom stereocenters. The van der Waals surface area contributed by atoms with Crippen LogP contribution in [-0.4, -0.2) is 15.1 Å². The summed E-state index contributed by atoms with van der Waals surface area (Å²) in [7, 11) is 0. The predicted molar refractivity (Wildman–Crippen MR) is 73.2 cm³/mol. The summed E-state index contributed by atoms with van der Waals surface area (Å²) in [5, 5.41) is 9.06. The van der Waals surface area contributed by atoms with E-state index in [2.05, 4.69) is 16.9 Å². The maximum absolute atomic E-state index is 9.06. The van der Waals surface area contributed by atoms with Crippen molar-refractivity contribution in [3.8, 4) is 11.8 Å². The van der Waals surface area contributed by atoms with Crippen LogP contribution in [-0.2, 0) is 13.0 Å². The lowest BCUT2D eigenvalue weighted by atomic mass is 10.1. The van der Waals surface area contributed by atoms with E-state index in [4.69, 9.17) is 9.84 Å². The molecule has 0 saturated heterocycles. The van der Waals surface area contributed by atoms with Gasteiger partial charge in [0.1, 0.15) is 5.75 Å². The minimum Gasteiger partial charge on any atom is -0.424 e. The van der Waals surface area contributed by atoms with Gasteiger partial charge in [-0.25, -0.2) is 4.98 Å². The van der Waals surface area contributed by atoms with Crippen LogP contribution in [0.2, 0.25) is 0 Å². The first-order valence-corrected chi connectivity index (χ1v) is 6.43. The normalized spacial score (nSPS) is 10.5. The lowest BCUT2D eigenvalue weighted by molar-refractivity contribution is 0.279. The summed E-state index contributed by atoms with van der Waals surface area (Å²) in [5.41, 5.74) is 2.74. The third-order valence-electron chi connectivity index (χ3n) is 2.90. The van der Waals surface area contributed by atoms with Gasteiger partial charge < -0.3 is 9.84 Å². The van der Waals surface area contributed by atoms with E-state index < -0.39 is 0 Å². The Bertz CT molecular complexity index is 538. The summed E-state index contributed by atoms with van der Waals surface area (Å²) in [5.74, 6) is 0.719. The van der Waals surface area contributed by atoms with Crippen molar-refractivity contribution in [3.05, 3.63) is 47.3 Å². The molecule has 1 heterocycles. The van der Waals surface area contributed by atoms with Gasteiger partial charge in [-0.05, 0) is 31.0 Å². The Morgan fingerprint density at radius 2 is 1.95 bits per heavy atom. The van der Waals surface area contributed by atoms with E-state index in [-0.39, 0.29) is 6.61 Å². The summed E-state index contributed by atoms with van der Waals surface area (Å²) in [4.78, 5) is 8.28. The number of benzene rings is 1. The monoisotopic (exact) mass is 258 g/mol. The van der Waals surface area contributed by atoms with Crippen molar-refractivity contribution >= 4 is 0 Å². The fourth-order valence-electron chi connectivity index (χ4n) is 1.79. The van der Waals surface area contributed by atoms with Gasteiger partial charge >= 0.3 is 6.01 Å². The number of nitrogens with zero attached hydrogens (tertiary/aromatic N) is 2. The molecule has 4 heteroatoms. The van der Waals surface area contributed by atoms with Gasteiger partial charge in [-0.3, -0.25) is 0 Å². The molecule has 0 aliphatic rings. The van der Waals surface area contributed by atoms with E-state index in [9.17, 15) is 0 Å². The lowest BCUT2D eigenvalue weighted by Crippen LogP contribution is -1.98. The van der Waals surface area contributed by atoms with Gasteiger partial charge in [0.15, 0.2) is 0 Å². The number of hydrogen-bond acceptors (Lipinski definition) is 4. The molecule has 1 aromatic heterocycles. The highest BCUT2D eigenvalue weighted by atomic mass is 16.5. The molecule has 0 unspecified atom stereocenters. The average molecular weight is 258 g/mol. The molecule has 0 spiro atoms. The van der Waals surface area contributed by atoms with E-state index in [0.29, 0.717) is 11.6 Å². The van der Waals surface area contributed by atoms with Gasteiger partial charge in [-0.2, -0.15) is 4.98 Å². The SMILES string of the molecule is CCCc1ccc(Oc2ncc(CO)c(C)n2)cc1. The number of rotatable bonds is 5. The molecular formula is C15H18N2O2. The minimum atomic E-state index is -0.0577. The van der Waals surface area contributed by atoms with E-state index in [1.54, 1.807) is 6.20 Å². The molecule has 2 rings (SSSR count). The molecule has 2 aromatic rings. The second-order valence-corrected chi connectivity index (χ2v) is 4.42. The van der Waals surface area contributed by atoms with E-state index in [1.165, 1.54) is 5.56 Å². The fourth-order valence-corrected chi connectivity index (χ4v) is 1.79. The van der Waals surface area contributed by atoms with Crippen LogP contribution in [0.1, 0.15) is 30.2 Å². The Labute approximate surface area is 113 Å². The van der Waals surface area contributed by atoms with Crippen LogP contribution in [0.3, 0.4) is 0 Å². The van der Waals surface area contributed by atoms with Crippen LogP contribution in [0.5, 0.6) is 11.8 Å². The first-order valence-electron chi connectivity index (χ1n) is 6.43. The number of aryl methyl sites for hydroxylation is 2. The summed E-state index contributed by atoms with van der Waals surface area (Å²) in [6.07, 6.45) is 3.79. The van der Waals surface area contributed by atoms with Gasteiger partial charge in [0, 0.05) is 11.8 Å². The van der Waals surface area contributed by atoms with Crippen molar-refractivity contribution < 1.29 is 9.84 Å². The summed E-state index contributed by atoms with van der Waals surface area (Å²) < 4.78 is 5.59. The molecule has 19 heavy (non-hydrogen) atoms. The summed E-state index contributed by atoms with van der Waals surface area (Å²) >= 11 is 0. The van der Waals surface area contributed by atoms with E-state index >= 15 is 0 Å². The second kappa shape index (κ2) is 6.29. The Kier molecular flexibility index (Phi) is 4.47. The van der Waals surface area contributed by atoms with Gasteiger partial charge in [-0.15, -0.1) is 0 Å². The van der Waals surface area contributed by atoms with Gasteiger partial charge in [-0.1, -0.05) is 25.5 Å². The Hall–Kier alpha value is -1.94. The predicted octanol–water partition coefficient (Wildman–Crippen LogP) is 3.02. The van der Waals surface area contributed by atoms with Gasteiger partial charge in [0.25, 0.3) is 0 Å². The number of aliphatic hydroxyl groups excluding tert-OH is 1. The van der Waals surface area contributed by atoms with Gasteiger partial charge in [0.05, 0.1) is 12.3 Å².